The average Bonchev–Trinajstić information content (AvgIpc) is 2.14. The number of ether oxygens (including phenoxy) is 2. The van der Waals surface area contributed by atoms with Crippen LogP contribution in [0.1, 0.15) is 20.3 Å². The van der Waals surface area contributed by atoms with Gasteiger partial charge in [-0.15, -0.1) is 0 Å². The number of alkyl halides is 1. The van der Waals surface area contributed by atoms with Gasteiger partial charge in [0.1, 0.15) is 4.32 Å². The normalized spacial score (nSPS) is 16.6. The van der Waals surface area contributed by atoms with Crippen LogP contribution >= 0.6 is 15.9 Å². The summed E-state index contributed by atoms with van der Waals surface area (Å²) in [5.41, 5.74) is 0. The van der Waals surface area contributed by atoms with Crippen molar-refractivity contribution in [2.24, 2.45) is 5.92 Å². The molecular weight excluding hydrogens is 252 g/mol. The number of hydrogen-bond donors (Lipinski definition) is 0. The Balaban J connectivity index is 4.35. The van der Waals surface area contributed by atoms with Gasteiger partial charge in [-0.1, -0.05) is 22.9 Å². The maximum Gasteiger partial charge on any atom is 0.322 e. The van der Waals surface area contributed by atoms with Crippen molar-refractivity contribution in [3.05, 3.63) is 0 Å². The largest absolute Gasteiger partial charge is 0.469 e. The summed E-state index contributed by atoms with van der Waals surface area (Å²) in [5, 5.41) is 0. The number of hydrogen-bond acceptors (Lipinski definition) is 4. The van der Waals surface area contributed by atoms with Gasteiger partial charge in [0.2, 0.25) is 0 Å². The highest BCUT2D eigenvalue weighted by Crippen LogP contribution is 2.28. The summed E-state index contributed by atoms with van der Waals surface area (Å²) in [6, 6.07) is 0. The first kappa shape index (κ1) is 13.4. The highest BCUT2D eigenvalue weighted by molar-refractivity contribution is 9.10. The molecule has 5 heteroatoms. The van der Waals surface area contributed by atoms with E-state index in [9.17, 15) is 9.59 Å². The molecule has 0 aliphatic heterocycles. The van der Waals surface area contributed by atoms with Crippen molar-refractivity contribution in [1.82, 2.24) is 0 Å². The second kappa shape index (κ2) is 5.34. The van der Waals surface area contributed by atoms with Crippen LogP contribution < -0.4 is 0 Å². The Kier molecular flexibility index (Phi) is 5.12. The van der Waals surface area contributed by atoms with Gasteiger partial charge in [-0.25, -0.2) is 0 Å². The smallest absolute Gasteiger partial charge is 0.322 e. The predicted octanol–water partition coefficient (Wildman–Crippen LogP) is 1.51. The molecule has 82 valence electrons. The Bertz CT molecular complexity index is 225. The minimum Gasteiger partial charge on any atom is -0.469 e. The van der Waals surface area contributed by atoms with Crippen LogP contribution in [0.25, 0.3) is 0 Å². The first-order valence-electron chi connectivity index (χ1n) is 4.20. The number of methoxy groups -OCH3 is 2. The Hall–Kier alpha value is -0.580. The Labute approximate surface area is 92.1 Å². The zero-order valence-electron chi connectivity index (χ0n) is 8.80. The van der Waals surface area contributed by atoms with Crippen molar-refractivity contribution in [2.45, 2.75) is 24.6 Å². The van der Waals surface area contributed by atoms with Gasteiger partial charge in [-0.05, 0) is 13.3 Å². The van der Waals surface area contributed by atoms with Crippen molar-refractivity contribution in [3.63, 3.8) is 0 Å². The maximum absolute atomic E-state index is 11.3. The van der Waals surface area contributed by atoms with Gasteiger partial charge < -0.3 is 9.47 Å². The Morgan fingerprint density at radius 3 is 2.21 bits per heavy atom. The quantitative estimate of drug-likeness (QED) is 0.572. The second-order valence-electron chi connectivity index (χ2n) is 3.32. The molecule has 0 fully saturated rings. The monoisotopic (exact) mass is 266 g/mol. The average molecular weight is 267 g/mol. The van der Waals surface area contributed by atoms with E-state index in [1.807, 2.05) is 0 Å². The van der Waals surface area contributed by atoms with Gasteiger partial charge in [-0.3, -0.25) is 9.59 Å². The van der Waals surface area contributed by atoms with Gasteiger partial charge in [0.05, 0.1) is 20.1 Å². The van der Waals surface area contributed by atoms with Gasteiger partial charge in [0.15, 0.2) is 0 Å². The van der Waals surface area contributed by atoms with Crippen molar-refractivity contribution < 1.29 is 19.1 Å². The highest BCUT2D eigenvalue weighted by Gasteiger charge is 2.35. The van der Waals surface area contributed by atoms with Crippen LogP contribution in [0.15, 0.2) is 0 Å². The molecule has 0 heterocycles. The number of carbonyl (C=O) groups is 2. The summed E-state index contributed by atoms with van der Waals surface area (Å²) in [7, 11) is 2.63. The maximum atomic E-state index is 11.3. The zero-order chi connectivity index (χ0) is 11.4. The molecule has 0 saturated carbocycles. The molecule has 0 saturated heterocycles. The molecule has 0 aromatic rings. The van der Waals surface area contributed by atoms with Crippen molar-refractivity contribution >= 4 is 27.9 Å². The Morgan fingerprint density at radius 1 is 1.36 bits per heavy atom. The SMILES string of the molecule is COC(=O)C(C)CC(C)(Br)C(=O)OC. The lowest BCUT2D eigenvalue weighted by Gasteiger charge is -2.21. The summed E-state index contributed by atoms with van der Waals surface area (Å²) < 4.78 is 8.31. The summed E-state index contributed by atoms with van der Waals surface area (Å²) in [5.74, 6) is -1.07. The lowest BCUT2D eigenvalue weighted by Crippen LogP contribution is -2.33. The van der Waals surface area contributed by atoms with Crippen LogP contribution in [-0.4, -0.2) is 30.5 Å². The third-order valence-electron chi connectivity index (χ3n) is 1.90. The third kappa shape index (κ3) is 3.65. The van der Waals surface area contributed by atoms with Crippen molar-refractivity contribution in [2.75, 3.05) is 14.2 Å². The lowest BCUT2D eigenvalue weighted by atomic mass is 9.97. The molecule has 0 N–H and O–H groups in total. The fraction of sp³-hybridized carbons (Fsp3) is 0.778. The lowest BCUT2D eigenvalue weighted by molar-refractivity contribution is -0.147. The molecule has 14 heavy (non-hydrogen) atoms. The predicted molar refractivity (Wildman–Crippen MR) is 55.1 cm³/mol. The van der Waals surface area contributed by atoms with E-state index in [4.69, 9.17) is 0 Å². The number of esters is 2. The summed E-state index contributed by atoms with van der Waals surface area (Å²) in [4.78, 5) is 22.4. The molecule has 0 radical (unpaired) electrons. The van der Waals surface area contributed by atoms with Crippen LogP contribution in [0.4, 0.5) is 0 Å². The van der Waals surface area contributed by atoms with Gasteiger partial charge in [0, 0.05) is 0 Å². The first-order chi connectivity index (χ1) is 6.35. The highest BCUT2D eigenvalue weighted by atomic mass is 79.9. The van der Waals surface area contributed by atoms with E-state index < -0.39 is 10.3 Å². The van der Waals surface area contributed by atoms with E-state index in [0.717, 1.165) is 0 Å². The molecule has 0 aromatic heterocycles. The van der Waals surface area contributed by atoms with Crippen molar-refractivity contribution in [3.8, 4) is 0 Å². The molecule has 0 aromatic carbocycles. The second-order valence-corrected chi connectivity index (χ2v) is 5.07. The molecule has 2 atom stereocenters. The minimum absolute atomic E-state index is 0.334. The zero-order valence-corrected chi connectivity index (χ0v) is 10.4. The van der Waals surface area contributed by atoms with E-state index in [-0.39, 0.29) is 11.9 Å². The van der Waals surface area contributed by atoms with Crippen LogP contribution in [0, 0.1) is 5.92 Å². The molecule has 0 aliphatic rings. The summed E-state index contributed by atoms with van der Waals surface area (Å²) >= 11 is 3.22. The Morgan fingerprint density at radius 2 is 1.86 bits per heavy atom. The van der Waals surface area contributed by atoms with Crippen molar-refractivity contribution in [1.29, 1.82) is 0 Å². The molecule has 0 rings (SSSR count). The third-order valence-corrected chi connectivity index (χ3v) is 2.55. The fourth-order valence-corrected chi connectivity index (χ4v) is 1.80. The topological polar surface area (TPSA) is 52.6 Å². The molecule has 0 bridgehead atoms. The van der Waals surface area contributed by atoms with E-state index >= 15 is 0 Å². The van der Waals surface area contributed by atoms with Gasteiger partial charge in [-0.2, -0.15) is 0 Å². The van der Waals surface area contributed by atoms with E-state index in [0.29, 0.717) is 6.42 Å². The number of carbonyl (C=O) groups excluding carboxylic acids is 2. The summed E-state index contributed by atoms with van der Waals surface area (Å²) in [6.07, 6.45) is 0.340. The molecule has 0 spiro atoms. The number of halogens is 1. The molecule has 0 amide bonds. The standard InChI is InChI=1S/C9H15BrO4/c1-6(7(11)13-3)5-9(2,10)8(12)14-4/h6H,5H2,1-4H3. The molecule has 4 nitrogen and oxygen atoms in total. The first-order valence-corrected chi connectivity index (χ1v) is 4.99. The van der Waals surface area contributed by atoms with Crippen LogP contribution in [0.3, 0.4) is 0 Å². The van der Waals surface area contributed by atoms with Gasteiger partial charge in [0.25, 0.3) is 0 Å². The summed E-state index contributed by atoms with van der Waals surface area (Å²) in [6.45, 7) is 3.37. The van der Waals surface area contributed by atoms with E-state index in [2.05, 4.69) is 25.4 Å². The minimum atomic E-state index is -0.838. The molecule has 0 aliphatic carbocycles. The van der Waals surface area contributed by atoms with Crippen LogP contribution in [0.2, 0.25) is 0 Å². The fourth-order valence-electron chi connectivity index (χ4n) is 1.16. The van der Waals surface area contributed by atoms with Crippen LogP contribution in [0.5, 0.6) is 0 Å². The number of rotatable bonds is 4. The van der Waals surface area contributed by atoms with Gasteiger partial charge >= 0.3 is 11.9 Å². The van der Waals surface area contributed by atoms with E-state index in [1.165, 1.54) is 14.2 Å². The molecular formula is C9H15BrO4. The van der Waals surface area contributed by atoms with E-state index in [1.54, 1.807) is 13.8 Å². The van der Waals surface area contributed by atoms with Crippen LogP contribution in [-0.2, 0) is 19.1 Å². The molecule has 2 unspecified atom stereocenters.